The summed E-state index contributed by atoms with van der Waals surface area (Å²) in [6, 6.07) is 2.46. The molecule has 2 rings (SSSR count). The Hall–Kier alpha value is -1.51. The third kappa shape index (κ3) is 1.56. The molecule has 0 unspecified atom stereocenters. The third-order valence-corrected chi connectivity index (χ3v) is 2.87. The van der Waals surface area contributed by atoms with Gasteiger partial charge in [0, 0.05) is 23.2 Å². The van der Waals surface area contributed by atoms with Gasteiger partial charge in [-0.3, -0.25) is 9.99 Å². The maximum Gasteiger partial charge on any atom is 0.0702 e. The molecule has 0 fully saturated rings. The Morgan fingerprint density at radius 3 is 2.56 bits per heavy atom. The van der Waals surface area contributed by atoms with Crippen LogP contribution in [0.4, 0.5) is 5.69 Å². The number of pyridine rings is 1. The second-order valence-corrected chi connectivity index (χ2v) is 4.80. The lowest BCUT2D eigenvalue weighted by Gasteiger charge is -2.26. The van der Waals surface area contributed by atoms with Gasteiger partial charge in [0.2, 0.25) is 0 Å². The van der Waals surface area contributed by atoms with Crippen molar-refractivity contribution in [2.45, 2.75) is 33.7 Å². The average molecular weight is 217 g/mol. The van der Waals surface area contributed by atoms with Gasteiger partial charge in [0.15, 0.2) is 0 Å². The molecule has 1 aromatic rings. The average Bonchev–Trinajstić information content (AvgIpc) is 2.58. The lowest BCUT2D eigenvalue weighted by molar-refractivity contribution is 0.632. The quantitative estimate of drug-likeness (QED) is 0.800. The molecule has 2 heterocycles. The molecule has 0 aliphatic carbocycles. The summed E-state index contributed by atoms with van der Waals surface area (Å²) in [5.41, 5.74) is 5.88. The Bertz CT molecular complexity index is 502. The Morgan fingerprint density at radius 2 is 2.00 bits per heavy atom. The van der Waals surface area contributed by atoms with Crippen molar-refractivity contribution in [3.05, 3.63) is 22.8 Å². The van der Waals surface area contributed by atoms with E-state index >= 15 is 0 Å². The van der Waals surface area contributed by atoms with E-state index in [0.29, 0.717) is 12.0 Å². The Kier molecular flexibility index (Phi) is 2.62. The van der Waals surface area contributed by atoms with Gasteiger partial charge >= 0.3 is 0 Å². The minimum Gasteiger partial charge on any atom is -0.301 e. The number of hydrogen-bond donors (Lipinski definition) is 1. The van der Waals surface area contributed by atoms with Crippen LogP contribution in [0.15, 0.2) is 12.3 Å². The Balaban J connectivity index is 2.68. The molecule has 0 bridgehead atoms. The second kappa shape index (κ2) is 3.81. The predicted octanol–water partition coefficient (Wildman–Crippen LogP) is 0.989. The first-order chi connectivity index (χ1) is 7.52. The van der Waals surface area contributed by atoms with Gasteiger partial charge in [0.1, 0.15) is 0 Å². The van der Waals surface area contributed by atoms with Crippen LogP contribution >= 0.6 is 0 Å². The van der Waals surface area contributed by atoms with Gasteiger partial charge < -0.3 is 5.43 Å². The molecular formula is C13H19N3. The van der Waals surface area contributed by atoms with Gasteiger partial charge in [-0.1, -0.05) is 20.4 Å². The van der Waals surface area contributed by atoms with E-state index < -0.39 is 0 Å². The molecular weight excluding hydrogens is 198 g/mol. The molecule has 1 aromatic heterocycles. The topological polar surface area (TPSA) is 28.2 Å². The summed E-state index contributed by atoms with van der Waals surface area (Å²) < 4.78 is 0. The van der Waals surface area contributed by atoms with E-state index in [1.54, 1.807) is 0 Å². The number of fused-ring (bicyclic) bond motifs is 1. The van der Waals surface area contributed by atoms with E-state index in [-0.39, 0.29) is 0 Å². The molecule has 1 N–H and O–H groups in total. The molecule has 3 nitrogen and oxygen atoms in total. The van der Waals surface area contributed by atoms with E-state index in [1.165, 1.54) is 16.6 Å². The minimum atomic E-state index is 0.414. The lowest BCUT2D eigenvalue weighted by Crippen LogP contribution is -2.39. The van der Waals surface area contributed by atoms with Gasteiger partial charge in [-0.05, 0) is 25.8 Å². The number of hydrogen-bond acceptors (Lipinski definition) is 3. The number of hydrazine groups is 1. The van der Waals surface area contributed by atoms with Gasteiger partial charge in [-0.15, -0.1) is 0 Å². The fraction of sp³-hybridized carbons (Fsp3) is 0.462. The summed E-state index contributed by atoms with van der Waals surface area (Å²) in [5.74, 6) is 0.451. The van der Waals surface area contributed by atoms with Crippen molar-refractivity contribution in [1.82, 2.24) is 10.4 Å². The first-order valence-electron chi connectivity index (χ1n) is 5.76. The highest BCUT2D eigenvalue weighted by Gasteiger charge is 2.23. The number of anilines is 1. The molecule has 0 atom stereocenters. The van der Waals surface area contributed by atoms with E-state index in [2.05, 4.69) is 49.7 Å². The molecule has 0 aromatic carbocycles. The van der Waals surface area contributed by atoms with Crippen molar-refractivity contribution in [2.75, 3.05) is 5.01 Å². The Labute approximate surface area is 96.5 Å². The summed E-state index contributed by atoms with van der Waals surface area (Å²) >= 11 is 0. The van der Waals surface area contributed by atoms with Crippen molar-refractivity contribution in [3.63, 3.8) is 0 Å². The zero-order valence-electron chi connectivity index (χ0n) is 10.4. The molecule has 1 aliphatic heterocycles. The minimum absolute atomic E-state index is 0.414. The number of nitrogens with zero attached hydrogens (tertiary/aromatic N) is 2. The zero-order valence-corrected chi connectivity index (χ0v) is 10.4. The molecule has 0 saturated heterocycles. The van der Waals surface area contributed by atoms with E-state index in [0.717, 1.165) is 5.35 Å². The fourth-order valence-corrected chi connectivity index (χ4v) is 2.06. The third-order valence-electron chi connectivity index (χ3n) is 2.87. The summed E-state index contributed by atoms with van der Waals surface area (Å²) in [7, 11) is 0. The molecule has 16 heavy (non-hydrogen) atoms. The van der Waals surface area contributed by atoms with Crippen molar-refractivity contribution in [1.29, 1.82) is 0 Å². The standard InChI is InChI=1S/C13H19N3/c1-8(2)13-12-10(5)14-7-6-11(12)16(15-13)9(3)4/h6-9,15H,5H2,1-4H3. The second-order valence-electron chi connectivity index (χ2n) is 4.80. The molecule has 0 radical (unpaired) electrons. The highest BCUT2D eigenvalue weighted by Crippen LogP contribution is 2.19. The Morgan fingerprint density at radius 1 is 1.31 bits per heavy atom. The van der Waals surface area contributed by atoms with Crippen LogP contribution in [0.3, 0.4) is 0 Å². The first-order valence-corrected chi connectivity index (χ1v) is 5.76. The summed E-state index contributed by atoms with van der Waals surface area (Å²) in [6.45, 7) is 12.7. The van der Waals surface area contributed by atoms with E-state index in [1.807, 2.05) is 12.3 Å². The summed E-state index contributed by atoms with van der Waals surface area (Å²) in [5, 5.41) is 4.21. The molecule has 0 amide bonds. The largest absolute Gasteiger partial charge is 0.301 e. The van der Waals surface area contributed by atoms with E-state index in [9.17, 15) is 0 Å². The molecule has 1 aliphatic rings. The van der Waals surface area contributed by atoms with Crippen LogP contribution in [-0.2, 0) is 0 Å². The van der Waals surface area contributed by atoms with Crippen LogP contribution in [0, 0.1) is 5.92 Å². The van der Waals surface area contributed by atoms with Crippen LogP contribution in [-0.4, -0.2) is 11.0 Å². The highest BCUT2D eigenvalue weighted by molar-refractivity contribution is 5.65. The summed E-state index contributed by atoms with van der Waals surface area (Å²) in [6.07, 6.45) is 1.82. The van der Waals surface area contributed by atoms with Gasteiger partial charge in [0.25, 0.3) is 0 Å². The van der Waals surface area contributed by atoms with Crippen LogP contribution in [0.25, 0.3) is 12.3 Å². The molecule has 0 saturated carbocycles. The zero-order chi connectivity index (χ0) is 11.9. The van der Waals surface area contributed by atoms with Gasteiger partial charge in [-0.25, -0.2) is 0 Å². The molecule has 3 heteroatoms. The highest BCUT2D eigenvalue weighted by atomic mass is 15.5. The lowest BCUT2D eigenvalue weighted by atomic mass is 10.1. The van der Waals surface area contributed by atoms with Crippen molar-refractivity contribution >= 4 is 18.0 Å². The number of rotatable bonds is 2. The van der Waals surface area contributed by atoms with E-state index in [4.69, 9.17) is 0 Å². The molecule has 86 valence electrons. The van der Waals surface area contributed by atoms with Crippen LogP contribution < -0.4 is 21.0 Å². The maximum absolute atomic E-state index is 4.28. The number of aromatic nitrogens is 1. The van der Waals surface area contributed by atoms with Crippen LogP contribution in [0.2, 0.25) is 0 Å². The smallest absolute Gasteiger partial charge is 0.0702 e. The van der Waals surface area contributed by atoms with Crippen LogP contribution in [0.1, 0.15) is 27.7 Å². The van der Waals surface area contributed by atoms with Gasteiger partial charge in [0.05, 0.1) is 11.0 Å². The predicted molar refractivity (Wildman–Crippen MR) is 68.0 cm³/mol. The normalized spacial score (nSPS) is 14.6. The first kappa shape index (κ1) is 11.0. The maximum atomic E-state index is 4.28. The monoisotopic (exact) mass is 217 g/mol. The summed E-state index contributed by atoms with van der Waals surface area (Å²) in [4.78, 5) is 4.28. The molecule has 0 spiro atoms. The van der Waals surface area contributed by atoms with Crippen molar-refractivity contribution < 1.29 is 0 Å². The van der Waals surface area contributed by atoms with Crippen molar-refractivity contribution in [2.24, 2.45) is 5.92 Å². The number of nitrogens with one attached hydrogen (secondary N) is 1. The SMILES string of the molecule is C=c1nccc2c1=C(C(C)C)NN2C(C)C. The van der Waals surface area contributed by atoms with Crippen LogP contribution in [0.5, 0.6) is 0 Å². The fourth-order valence-electron chi connectivity index (χ4n) is 2.06. The van der Waals surface area contributed by atoms with Crippen molar-refractivity contribution in [3.8, 4) is 0 Å². The van der Waals surface area contributed by atoms with Gasteiger partial charge in [-0.2, -0.15) is 0 Å².